The summed E-state index contributed by atoms with van der Waals surface area (Å²) in [6.45, 7) is 50.4. The molecule has 140 heavy (non-hydrogen) atoms. The Labute approximate surface area is 821 Å². The Morgan fingerprint density at radius 1 is 0.321 bits per heavy atom. The Bertz CT molecular complexity index is 7280. The lowest BCUT2D eigenvalue weighted by Gasteiger charge is -2.25. The first-order chi connectivity index (χ1) is 66.5. The zero-order valence-electron chi connectivity index (χ0n) is 84.7. The van der Waals surface area contributed by atoms with Crippen molar-refractivity contribution >= 4 is 46.4 Å². The van der Waals surface area contributed by atoms with E-state index in [1.54, 1.807) is 44.7 Å². The summed E-state index contributed by atoms with van der Waals surface area (Å²) in [5, 5.41) is 23.3. The highest BCUT2D eigenvalue weighted by Gasteiger charge is 2.38. The average molecular weight is 1870 g/mol. The van der Waals surface area contributed by atoms with Crippen molar-refractivity contribution in [3.8, 4) is 67.8 Å². The smallest absolute Gasteiger partial charge is 0.318 e. The first-order valence-electron chi connectivity index (χ1n) is 48.2. The van der Waals surface area contributed by atoms with Gasteiger partial charge in [-0.25, -0.2) is 32.3 Å². The molecule has 3 amide bonds. The number of carbonyl (C=O) groups is 6. The number of hydrogen-bond acceptors (Lipinski definition) is 12. The van der Waals surface area contributed by atoms with Crippen molar-refractivity contribution in [1.29, 1.82) is 0 Å². The summed E-state index contributed by atoms with van der Waals surface area (Å²) < 4.78 is 36.8. The lowest BCUT2D eigenvalue weighted by atomic mass is 9.86. The van der Waals surface area contributed by atoms with Crippen molar-refractivity contribution in [2.45, 2.75) is 234 Å². The van der Waals surface area contributed by atoms with Crippen molar-refractivity contribution in [3.05, 3.63) is 376 Å². The summed E-state index contributed by atoms with van der Waals surface area (Å²) in [5.74, 6) is 0.150. The standard InChI is InChI=1S/C32H33N3O2.C31H32FN3O.C30H30FN3O.C26H30N4O2/c1-20-8-7-9-21(2)29(20)35-30(24-12-10-23(11-13-24)22(3)36)27-18-34(19-28(27)33-35)31(37)25-14-16-26(17-15-25)32(4,5)6;1-18(2)25-15-29(21(5)14-27(25)32)34-16-26-28(17-34)33-35(30-19(3)8-7-9-20(30)4)31(26)24-12-10-23(11-13-24)22(6)36;1-18(2)25-15-24(31)13-14-28(25)33-16-26-27(17-33)32-34(29-19(3)7-6-8-20(29)4)30(26)23-11-9-22(10-12-23)21(5)35;1-16-8-7-9-17(2)23(16)30-24(20-12-10-19(11-13-20)18(3)31)21-14-29(15-22(21)28-30)25(32)27-26(4,5)6/h7-17H,18-19H2,1-6H3;7-15,18H,16-17H2,1-6H3;6-15,18H,16-17H2,1-5H3;7-13H,14-15H2,1-6H3,(H,27,32). The molecular formula is C119H125F2N13O6. The van der Waals surface area contributed by atoms with Crippen LogP contribution in [-0.2, 0) is 57.8 Å². The second-order valence-corrected chi connectivity index (χ2v) is 40.6. The van der Waals surface area contributed by atoms with Gasteiger partial charge in [-0.15, -0.1) is 0 Å². The van der Waals surface area contributed by atoms with Gasteiger partial charge in [0, 0.05) is 102 Å². The van der Waals surface area contributed by atoms with Crippen LogP contribution >= 0.6 is 0 Å². The predicted octanol–water partition coefficient (Wildman–Crippen LogP) is 26.6. The molecular weight excluding hydrogens is 1750 g/mol. The number of nitrogens with one attached hydrogen (secondary N) is 1. The first-order valence-corrected chi connectivity index (χ1v) is 48.2. The van der Waals surface area contributed by atoms with Crippen molar-refractivity contribution in [2.75, 3.05) is 9.80 Å². The Balaban J connectivity index is 0.000000135. The maximum atomic E-state index is 14.6. The fraction of sp³-hybridized carbons (Fsp3) is 0.294. The molecule has 0 fully saturated rings. The number of fused-ring (bicyclic) bond motifs is 4. The van der Waals surface area contributed by atoms with Crippen LogP contribution in [0.4, 0.5) is 25.0 Å². The molecule has 0 atom stereocenters. The molecule has 0 radical (unpaired) electrons. The van der Waals surface area contributed by atoms with Crippen LogP contribution in [0.25, 0.3) is 67.8 Å². The first kappa shape index (κ1) is 98.2. The maximum absolute atomic E-state index is 14.6. The zero-order chi connectivity index (χ0) is 100. The van der Waals surface area contributed by atoms with Crippen LogP contribution in [0.3, 0.4) is 0 Å². The quantitative estimate of drug-likeness (QED) is 0.0848. The number of benzene rings is 11. The van der Waals surface area contributed by atoms with E-state index in [4.69, 9.17) is 20.4 Å². The number of amides is 3. The summed E-state index contributed by atoms with van der Waals surface area (Å²) in [4.78, 5) is 81.9. The van der Waals surface area contributed by atoms with Gasteiger partial charge in [0.15, 0.2) is 23.1 Å². The van der Waals surface area contributed by atoms with Gasteiger partial charge in [-0.3, -0.25) is 24.0 Å². The van der Waals surface area contributed by atoms with Crippen molar-refractivity contribution < 1.29 is 37.5 Å². The van der Waals surface area contributed by atoms with E-state index in [1.807, 2.05) is 195 Å². The fourth-order valence-electron chi connectivity index (χ4n) is 19.8. The van der Waals surface area contributed by atoms with Gasteiger partial charge in [-0.2, -0.15) is 20.4 Å². The van der Waals surface area contributed by atoms with Crippen molar-refractivity contribution in [3.63, 3.8) is 0 Å². The van der Waals surface area contributed by atoms with E-state index < -0.39 is 0 Å². The van der Waals surface area contributed by atoms with Gasteiger partial charge < -0.3 is 24.9 Å². The molecule has 21 heteroatoms. The molecule has 19 nitrogen and oxygen atoms in total. The molecule has 19 rings (SSSR count). The molecule has 0 unspecified atom stereocenters. The zero-order valence-corrected chi connectivity index (χ0v) is 84.7. The van der Waals surface area contributed by atoms with Gasteiger partial charge in [-0.05, 0) is 237 Å². The molecule has 1 N–H and O–H groups in total. The van der Waals surface area contributed by atoms with Gasteiger partial charge >= 0.3 is 6.03 Å². The number of Topliss-reactive ketones (excluding diaryl/α,β-unsaturated/α-hetero) is 4. The third-order valence-corrected chi connectivity index (χ3v) is 27.2. The van der Waals surface area contributed by atoms with E-state index in [0.29, 0.717) is 80.2 Å². The van der Waals surface area contributed by atoms with E-state index in [9.17, 15) is 37.5 Å². The van der Waals surface area contributed by atoms with Crippen LogP contribution in [0, 0.1) is 73.9 Å². The minimum atomic E-state index is -0.305. The van der Waals surface area contributed by atoms with Crippen LogP contribution in [0.15, 0.2) is 224 Å². The number of hydrogen-bond donors (Lipinski definition) is 1. The number of aryl methyl sites for hydroxylation is 9. The monoisotopic (exact) mass is 1870 g/mol. The summed E-state index contributed by atoms with van der Waals surface area (Å²) in [7, 11) is 0. The second-order valence-electron chi connectivity index (χ2n) is 40.6. The lowest BCUT2D eigenvalue weighted by Crippen LogP contribution is -2.46. The Hall–Kier alpha value is -14.9. The number of halogens is 2. The molecule has 4 aromatic heterocycles. The number of aromatic nitrogens is 8. The molecule has 716 valence electrons. The number of ketones is 4. The van der Waals surface area contributed by atoms with Crippen LogP contribution < -0.4 is 15.1 Å². The van der Waals surface area contributed by atoms with E-state index in [1.165, 1.54) is 22.8 Å². The number of anilines is 2. The highest BCUT2D eigenvalue weighted by atomic mass is 19.1. The van der Waals surface area contributed by atoms with E-state index in [2.05, 4.69) is 181 Å². The molecule has 0 aliphatic carbocycles. The summed E-state index contributed by atoms with van der Waals surface area (Å²) in [6.07, 6.45) is 0. The van der Waals surface area contributed by atoms with E-state index in [-0.39, 0.29) is 69.5 Å². The number of urea groups is 1. The normalized spacial score (nSPS) is 13.1. The third-order valence-electron chi connectivity index (χ3n) is 27.2. The molecule has 8 heterocycles. The Kier molecular flexibility index (Phi) is 27.7. The highest BCUT2D eigenvalue weighted by molar-refractivity contribution is 5.98. The lowest BCUT2D eigenvalue weighted by molar-refractivity contribution is 0.0748. The number of carbonyl (C=O) groups excluding carboxylic acids is 6. The number of rotatable bonds is 17. The van der Waals surface area contributed by atoms with Gasteiger partial charge in [0.2, 0.25) is 0 Å². The Morgan fingerprint density at radius 2 is 0.621 bits per heavy atom. The highest BCUT2D eigenvalue weighted by Crippen LogP contribution is 2.46. The van der Waals surface area contributed by atoms with Gasteiger partial charge in [-0.1, -0.05) is 230 Å². The van der Waals surface area contributed by atoms with E-state index in [0.717, 1.165) is 174 Å². The van der Waals surface area contributed by atoms with Crippen molar-refractivity contribution in [1.82, 2.24) is 54.2 Å². The second kappa shape index (κ2) is 39.6. The average Bonchev–Trinajstić information content (AvgIpc) is 1.59. The molecule has 11 aromatic carbocycles. The SMILES string of the molecule is CC(=O)c1ccc(-c2c3c(nn2-c2c(C)cccc2C)CN(C(=O)NC(C)(C)C)C3)cc1.CC(=O)c1ccc(-c2c3c(nn2-c2c(C)cccc2C)CN(C(=O)c2ccc(C(C)(C)C)cc2)C3)cc1.CC(=O)c1ccc(-c2c3c(nn2-c2c(C)cccc2C)CN(c2cc(C(C)C)c(F)cc2C)C3)cc1.CC(=O)c1ccc(-c2c3c(nn2-c2c(C)cccc2C)CN(c2ccc(F)cc2C(C)C)C3)cc1. The molecule has 4 aliphatic rings. The molecule has 0 saturated heterocycles. The summed E-state index contributed by atoms with van der Waals surface area (Å²) >= 11 is 0. The molecule has 0 bridgehead atoms. The maximum Gasteiger partial charge on any atom is 0.318 e. The summed E-state index contributed by atoms with van der Waals surface area (Å²) in [6, 6.07) is 72.5. The van der Waals surface area contributed by atoms with Gasteiger partial charge in [0.05, 0.1) is 108 Å². The third kappa shape index (κ3) is 20.0. The number of para-hydroxylation sites is 4. The number of nitrogens with zero attached hydrogens (tertiary/aromatic N) is 12. The molecule has 15 aromatic rings. The molecule has 0 saturated carbocycles. The van der Waals surface area contributed by atoms with Crippen LogP contribution in [0.5, 0.6) is 0 Å². The predicted molar refractivity (Wildman–Crippen MR) is 556 cm³/mol. The van der Waals surface area contributed by atoms with Gasteiger partial charge in [0.25, 0.3) is 5.91 Å². The minimum Gasteiger partial charge on any atom is -0.361 e. The minimum absolute atomic E-state index is 0.00922. The van der Waals surface area contributed by atoms with Gasteiger partial charge in [0.1, 0.15) is 11.6 Å². The summed E-state index contributed by atoms with van der Waals surface area (Å²) in [5.41, 5.74) is 38.9. The van der Waals surface area contributed by atoms with Crippen LogP contribution in [0.2, 0.25) is 0 Å². The molecule has 4 aliphatic heterocycles. The topological polar surface area (TPSA) is 199 Å². The molecule has 0 spiro atoms. The van der Waals surface area contributed by atoms with Crippen LogP contribution in [0.1, 0.15) is 272 Å². The Morgan fingerprint density at radius 3 is 0.936 bits per heavy atom. The van der Waals surface area contributed by atoms with Crippen molar-refractivity contribution in [2.24, 2.45) is 0 Å². The van der Waals surface area contributed by atoms with E-state index >= 15 is 0 Å². The van der Waals surface area contributed by atoms with Crippen LogP contribution in [-0.4, -0.2) is 89.5 Å². The largest absolute Gasteiger partial charge is 0.361 e. The fourth-order valence-corrected chi connectivity index (χ4v) is 19.8.